The van der Waals surface area contributed by atoms with E-state index in [0.29, 0.717) is 6.42 Å². The Labute approximate surface area is 159 Å². The van der Waals surface area contributed by atoms with Gasteiger partial charge >= 0.3 is 12.1 Å². The minimum atomic E-state index is -1.01. The van der Waals surface area contributed by atoms with Crippen molar-refractivity contribution < 1.29 is 19.4 Å². The van der Waals surface area contributed by atoms with E-state index in [2.05, 4.69) is 24.3 Å². The van der Waals surface area contributed by atoms with Crippen molar-refractivity contribution >= 4 is 12.1 Å². The molecule has 0 saturated carbocycles. The van der Waals surface area contributed by atoms with Crippen LogP contribution < -0.4 is 0 Å². The zero-order chi connectivity index (χ0) is 19.6. The molecule has 5 nitrogen and oxygen atoms in total. The molecule has 0 aliphatic heterocycles. The van der Waals surface area contributed by atoms with Crippen LogP contribution >= 0.6 is 0 Å². The Hall–Kier alpha value is -2.82. The molecule has 0 heterocycles. The van der Waals surface area contributed by atoms with E-state index in [0.717, 1.165) is 22.3 Å². The topological polar surface area (TPSA) is 66.8 Å². The Kier molecular flexibility index (Phi) is 5.49. The first-order chi connectivity index (χ1) is 12.9. The molecule has 0 fully saturated rings. The number of carbonyl (C=O) groups is 2. The van der Waals surface area contributed by atoms with Crippen LogP contribution in [0.4, 0.5) is 4.79 Å². The highest BCUT2D eigenvalue weighted by Crippen LogP contribution is 2.44. The van der Waals surface area contributed by atoms with Crippen LogP contribution in [0.5, 0.6) is 0 Å². The molecular weight excluding hydrogens is 342 g/mol. The molecule has 0 saturated heterocycles. The van der Waals surface area contributed by atoms with E-state index in [4.69, 9.17) is 4.74 Å². The van der Waals surface area contributed by atoms with Crippen LogP contribution in [0.3, 0.4) is 0 Å². The third-order valence-electron chi connectivity index (χ3n) is 5.07. The number of carboxylic acid groups (broad SMARTS) is 1. The number of rotatable bonds is 6. The fourth-order valence-corrected chi connectivity index (χ4v) is 3.69. The van der Waals surface area contributed by atoms with Gasteiger partial charge in [-0.1, -0.05) is 62.4 Å². The van der Waals surface area contributed by atoms with Gasteiger partial charge in [0.05, 0.1) is 0 Å². The van der Waals surface area contributed by atoms with Crippen molar-refractivity contribution in [2.45, 2.75) is 32.2 Å². The SMILES string of the molecule is CC(C)CC(C(=O)O)N(C)C(=O)OCC1c2ccccc2-c2ccccc21. The Balaban J connectivity index is 1.75. The fourth-order valence-electron chi connectivity index (χ4n) is 3.69. The molecule has 5 heteroatoms. The molecule has 1 N–H and O–H groups in total. The van der Waals surface area contributed by atoms with Gasteiger partial charge in [-0.25, -0.2) is 9.59 Å². The van der Waals surface area contributed by atoms with E-state index in [9.17, 15) is 14.7 Å². The lowest BCUT2D eigenvalue weighted by Gasteiger charge is -2.26. The minimum Gasteiger partial charge on any atom is -0.480 e. The highest BCUT2D eigenvalue weighted by molar-refractivity contribution is 5.81. The molecule has 0 spiro atoms. The molecule has 0 bridgehead atoms. The first-order valence-electron chi connectivity index (χ1n) is 9.20. The molecule has 0 radical (unpaired) electrons. The van der Waals surface area contributed by atoms with Crippen LogP contribution in [0.25, 0.3) is 11.1 Å². The Morgan fingerprint density at radius 1 is 1.04 bits per heavy atom. The highest BCUT2D eigenvalue weighted by Gasteiger charge is 2.32. The van der Waals surface area contributed by atoms with E-state index in [1.807, 2.05) is 38.1 Å². The normalized spacial score (nSPS) is 13.8. The van der Waals surface area contributed by atoms with Crippen LogP contribution in [0.1, 0.15) is 37.3 Å². The van der Waals surface area contributed by atoms with E-state index in [-0.39, 0.29) is 18.4 Å². The number of likely N-dealkylation sites (N-methyl/N-ethyl adjacent to an activating group) is 1. The average molecular weight is 367 g/mol. The molecule has 1 atom stereocenters. The second-order valence-electron chi connectivity index (χ2n) is 7.40. The second kappa shape index (κ2) is 7.82. The van der Waals surface area contributed by atoms with E-state index in [1.54, 1.807) is 0 Å². The van der Waals surface area contributed by atoms with E-state index >= 15 is 0 Å². The fraction of sp³-hybridized carbons (Fsp3) is 0.364. The monoisotopic (exact) mass is 367 g/mol. The average Bonchev–Trinajstić information content (AvgIpc) is 2.97. The Morgan fingerprint density at radius 3 is 2.04 bits per heavy atom. The van der Waals surface area contributed by atoms with Crippen molar-refractivity contribution in [3.63, 3.8) is 0 Å². The van der Waals surface area contributed by atoms with Gasteiger partial charge in [0.1, 0.15) is 12.6 Å². The number of carboxylic acids is 1. The zero-order valence-electron chi connectivity index (χ0n) is 15.9. The number of aliphatic carboxylic acids is 1. The standard InChI is InChI=1S/C22H25NO4/c1-14(2)12-20(21(24)25)23(3)22(26)27-13-19-17-10-6-4-8-15(17)16-9-5-7-11-18(16)19/h4-11,14,19-20H,12-13H2,1-3H3,(H,24,25). The van der Waals surface area contributed by atoms with Gasteiger partial charge in [-0.05, 0) is 34.6 Å². The van der Waals surface area contributed by atoms with Gasteiger partial charge in [0, 0.05) is 13.0 Å². The summed E-state index contributed by atoms with van der Waals surface area (Å²) in [6.07, 6.45) is -0.222. The quantitative estimate of drug-likeness (QED) is 0.823. The maximum atomic E-state index is 12.5. The molecule has 1 amide bonds. The first-order valence-corrected chi connectivity index (χ1v) is 9.20. The van der Waals surface area contributed by atoms with Crippen molar-refractivity contribution in [2.75, 3.05) is 13.7 Å². The van der Waals surface area contributed by atoms with Gasteiger partial charge in [-0.15, -0.1) is 0 Å². The highest BCUT2D eigenvalue weighted by atomic mass is 16.6. The van der Waals surface area contributed by atoms with Gasteiger partial charge in [0.2, 0.25) is 0 Å². The number of benzene rings is 2. The predicted octanol–water partition coefficient (Wildman–Crippen LogP) is 4.37. The molecule has 1 unspecified atom stereocenters. The van der Waals surface area contributed by atoms with Crippen molar-refractivity contribution in [1.29, 1.82) is 0 Å². The molecule has 2 aromatic carbocycles. The summed E-state index contributed by atoms with van der Waals surface area (Å²) < 4.78 is 5.54. The Bertz CT molecular complexity index is 800. The van der Waals surface area contributed by atoms with Gasteiger partial charge in [0.15, 0.2) is 0 Å². The number of amides is 1. The van der Waals surface area contributed by atoms with Gasteiger partial charge in [-0.3, -0.25) is 4.90 Å². The Morgan fingerprint density at radius 2 is 1.56 bits per heavy atom. The third-order valence-corrected chi connectivity index (χ3v) is 5.07. The molecule has 0 aromatic heterocycles. The lowest BCUT2D eigenvalue weighted by molar-refractivity contribution is -0.142. The summed E-state index contributed by atoms with van der Waals surface area (Å²) in [5.74, 6) is -0.891. The number of carbonyl (C=O) groups excluding carboxylic acids is 1. The largest absolute Gasteiger partial charge is 0.480 e. The summed E-state index contributed by atoms with van der Waals surface area (Å²) in [6.45, 7) is 4.05. The summed E-state index contributed by atoms with van der Waals surface area (Å²) in [5, 5.41) is 9.43. The van der Waals surface area contributed by atoms with Crippen LogP contribution in [0.15, 0.2) is 48.5 Å². The summed E-state index contributed by atoms with van der Waals surface area (Å²) in [5.41, 5.74) is 4.58. The molecule has 1 aliphatic rings. The molecule has 3 rings (SSSR count). The molecule has 142 valence electrons. The lowest BCUT2D eigenvalue weighted by Crippen LogP contribution is -2.43. The zero-order valence-corrected chi connectivity index (χ0v) is 15.9. The van der Waals surface area contributed by atoms with Crippen molar-refractivity contribution in [1.82, 2.24) is 4.90 Å². The molecular formula is C22H25NO4. The number of fused-ring (bicyclic) bond motifs is 3. The maximum Gasteiger partial charge on any atom is 0.410 e. The second-order valence-corrected chi connectivity index (χ2v) is 7.40. The van der Waals surface area contributed by atoms with Crippen LogP contribution in [0.2, 0.25) is 0 Å². The summed E-state index contributed by atoms with van der Waals surface area (Å²) in [4.78, 5) is 25.2. The van der Waals surface area contributed by atoms with Gasteiger partial charge < -0.3 is 9.84 Å². The number of ether oxygens (including phenoxy) is 1. The molecule has 2 aromatic rings. The van der Waals surface area contributed by atoms with Gasteiger partial charge in [0.25, 0.3) is 0 Å². The summed E-state index contributed by atoms with van der Waals surface area (Å²) in [7, 11) is 1.49. The molecule has 27 heavy (non-hydrogen) atoms. The minimum absolute atomic E-state index is 0.0388. The number of hydrogen-bond acceptors (Lipinski definition) is 3. The van der Waals surface area contributed by atoms with Crippen LogP contribution in [-0.4, -0.2) is 41.8 Å². The third kappa shape index (κ3) is 3.82. The predicted molar refractivity (Wildman–Crippen MR) is 104 cm³/mol. The number of hydrogen-bond donors (Lipinski definition) is 1. The van der Waals surface area contributed by atoms with Crippen LogP contribution in [0, 0.1) is 5.92 Å². The first kappa shape index (κ1) is 19.0. The van der Waals surface area contributed by atoms with Crippen molar-refractivity contribution in [3.05, 3.63) is 59.7 Å². The van der Waals surface area contributed by atoms with Gasteiger partial charge in [-0.2, -0.15) is 0 Å². The van der Waals surface area contributed by atoms with Crippen molar-refractivity contribution in [2.24, 2.45) is 5.92 Å². The number of nitrogens with zero attached hydrogens (tertiary/aromatic N) is 1. The lowest BCUT2D eigenvalue weighted by atomic mass is 9.98. The summed E-state index contributed by atoms with van der Waals surface area (Å²) >= 11 is 0. The van der Waals surface area contributed by atoms with E-state index in [1.165, 1.54) is 11.9 Å². The summed E-state index contributed by atoms with van der Waals surface area (Å²) in [6, 6.07) is 15.3. The van der Waals surface area contributed by atoms with Crippen molar-refractivity contribution in [3.8, 4) is 11.1 Å². The van der Waals surface area contributed by atoms with E-state index < -0.39 is 18.1 Å². The molecule has 1 aliphatic carbocycles. The smallest absolute Gasteiger partial charge is 0.410 e. The van der Waals surface area contributed by atoms with Crippen LogP contribution in [-0.2, 0) is 9.53 Å². The maximum absolute atomic E-state index is 12.5.